The molecule has 0 aromatic carbocycles. The standard InChI is InChI=1S/C11H11BrN2O2S2/c1-2-16-11(15)9-10(17-6-14-9)13-5-7-3-4-8(12)18-7/h3-4,6,13H,2,5H2,1H3. The summed E-state index contributed by atoms with van der Waals surface area (Å²) in [6, 6.07) is 4.04. The Labute approximate surface area is 121 Å². The fourth-order valence-electron chi connectivity index (χ4n) is 1.33. The molecule has 0 unspecified atom stereocenters. The summed E-state index contributed by atoms with van der Waals surface area (Å²) in [6.07, 6.45) is 0. The van der Waals surface area contributed by atoms with Gasteiger partial charge in [0.25, 0.3) is 0 Å². The Bertz CT molecular complexity index is 539. The van der Waals surface area contributed by atoms with Crippen molar-refractivity contribution < 1.29 is 9.53 Å². The molecule has 0 bridgehead atoms. The molecule has 0 radical (unpaired) electrons. The van der Waals surface area contributed by atoms with E-state index in [0.717, 1.165) is 8.79 Å². The highest BCUT2D eigenvalue weighted by molar-refractivity contribution is 9.11. The van der Waals surface area contributed by atoms with Crippen molar-refractivity contribution in [3.05, 3.63) is 32.0 Å². The van der Waals surface area contributed by atoms with Crippen molar-refractivity contribution >= 4 is 49.6 Å². The summed E-state index contributed by atoms with van der Waals surface area (Å²) >= 11 is 6.47. The van der Waals surface area contributed by atoms with E-state index < -0.39 is 0 Å². The average molecular weight is 347 g/mol. The minimum atomic E-state index is -0.381. The van der Waals surface area contributed by atoms with Crippen LogP contribution in [0.1, 0.15) is 22.3 Å². The van der Waals surface area contributed by atoms with E-state index in [4.69, 9.17) is 4.74 Å². The van der Waals surface area contributed by atoms with Crippen LogP contribution in [0.2, 0.25) is 0 Å². The molecule has 2 heterocycles. The third-order valence-corrected chi connectivity index (χ3v) is 4.50. The van der Waals surface area contributed by atoms with Crippen molar-refractivity contribution in [1.82, 2.24) is 4.98 Å². The Kier molecular flexibility index (Phi) is 4.73. The highest BCUT2D eigenvalue weighted by Gasteiger charge is 2.15. The maximum atomic E-state index is 11.6. The summed E-state index contributed by atoms with van der Waals surface area (Å²) < 4.78 is 6.04. The number of carbonyl (C=O) groups is 1. The SMILES string of the molecule is CCOC(=O)c1ncsc1NCc1ccc(Br)s1. The molecule has 2 rings (SSSR count). The number of thiophene rings is 1. The summed E-state index contributed by atoms with van der Waals surface area (Å²) in [4.78, 5) is 16.8. The Morgan fingerprint density at radius 1 is 1.56 bits per heavy atom. The van der Waals surface area contributed by atoms with E-state index in [9.17, 15) is 4.79 Å². The van der Waals surface area contributed by atoms with Crippen molar-refractivity contribution in [2.45, 2.75) is 13.5 Å². The zero-order chi connectivity index (χ0) is 13.0. The van der Waals surface area contributed by atoms with Gasteiger partial charge in [-0.3, -0.25) is 0 Å². The van der Waals surface area contributed by atoms with Gasteiger partial charge in [0.2, 0.25) is 0 Å². The second-order valence-electron chi connectivity index (χ2n) is 3.31. The summed E-state index contributed by atoms with van der Waals surface area (Å²) in [5.41, 5.74) is 2.00. The molecule has 0 aliphatic heterocycles. The number of nitrogens with one attached hydrogen (secondary N) is 1. The van der Waals surface area contributed by atoms with Crippen LogP contribution in [0.5, 0.6) is 0 Å². The van der Waals surface area contributed by atoms with Gasteiger partial charge in [-0.1, -0.05) is 0 Å². The number of aromatic nitrogens is 1. The van der Waals surface area contributed by atoms with Gasteiger partial charge < -0.3 is 10.1 Å². The molecular weight excluding hydrogens is 336 g/mol. The first kappa shape index (κ1) is 13.5. The van der Waals surface area contributed by atoms with Crippen LogP contribution in [0.25, 0.3) is 0 Å². The number of anilines is 1. The molecule has 2 aromatic rings. The molecule has 2 aromatic heterocycles. The molecule has 0 amide bonds. The van der Waals surface area contributed by atoms with Crippen molar-refractivity contribution in [3.63, 3.8) is 0 Å². The van der Waals surface area contributed by atoms with Crippen molar-refractivity contribution in [2.75, 3.05) is 11.9 Å². The zero-order valence-corrected chi connectivity index (χ0v) is 12.8. The molecule has 4 nitrogen and oxygen atoms in total. The molecule has 0 saturated heterocycles. The summed E-state index contributed by atoms with van der Waals surface area (Å²) in [6.45, 7) is 2.80. The lowest BCUT2D eigenvalue weighted by molar-refractivity contribution is 0.0521. The molecule has 1 N–H and O–H groups in total. The van der Waals surface area contributed by atoms with Crippen LogP contribution >= 0.6 is 38.6 Å². The van der Waals surface area contributed by atoms with Gasteiger partial charge in [-0.05, 0) is 35.0 Å². The molecule has 0 atom stereocenters. The topological polar surface area (TPSA) is 51.2 Å². The maximum absolute atomic E-state index is 11.6. The predicted octanol–water partition coefficient (Wildman–Crippen LogP) is 3.76. The van der Waals surface area contributed by atoms with Crippen LogP contribution in [0.15, 0.2) is 21.4 Å². The summed E-state index contributed by atoms with van der Waals surface area (Å²) in [5, 5.41) is 3.96. The Morgan fingerprint density at radius 2 is 2.39 bits per heavy atom. The lowest BCUT2D eigenvalue weighted by atomic mass is 10.4. The maximum Gasteiger partial charge on any atom is 0.360 e. The first-order valence-electron chi connectivity index (χ1n) is 5.29. The summed E-state index contributed by atoms with van der Waals surface area (Å²) in [7, 11) is 0. The van der Waals surface area contributed by atoms with Crippen molar-refractivity contribution in [2.24, 2.45) is 0 Å². The lowest BCUT2D eigenvalue weighted by Crippen LogP contribution is -2.08. The molecule has 0 spiro atoms. The Hall–Kier alpha value is -0.920. The molecule has 0 fully saturated rings. The molecule has 0 aliphatic rings. The van der Waals surface area contributed by atoms with E-state index in [0.29, 0.717) is 18.8 Å². The number of carbonyl (C=O) groups excluding carboxylic acids is 1. The first-order valence-corrected chi connectivity index (χ1v) is 7.78. The first-order chi connectivity index (χ1) is 8.70. The highest BCUT2D eigenvalue weighted by atomic mass is 79.9. The predicted molar refractivity (Wildman–Crippen MR) is 77.4 cm³/mol. The number of hydrogen-bond acceptors (Lipinski definition) is 6. The minimum Gasteiger partial charge on any atom is -0.461 e. The second kappa shape index (κ2) is 6.31. The number of ether oxygens (including phenoxy) is 1. The van der Waals surface area contributed by atoms with Gasteiger partial charge in [0, 0.05) is 4.88 Å². The molecule has 0 saturated carbocycles. The van der Waals surface area contributed by atoms with Gasteiger partial charge in [0.1, 0.15) is 5.00 Å². The van der Waals surface area contributed by atoms with Crippen molar-refractivity contribution in [3.8, 4) is 0 Å². The van der Waals surface area contributed by atoms with E-state index >= 15 is 0 Å². The van der Waals surface area contributed by atoms with Crippen LogP contribution in [0.4, 0.5) is 5.00 Å². The van der Waals surface area contributed by atoms with Gasteiger partial charge in [0.05, 0.1) is 22.4 Å². The number of nitrogens with zero attached hydrogens (tertiary/aromatic N) is 1. The second-order valence-corrected chi connectivity index (χ2v) is 6.71. The molecule has 7 heteroatoms. The highest BCUT2D eigenvalue weighted by Crippen LogP contribution is 2.25. The fourth-order valence-corrected chi connectivity index (χ4v) is 3.42. The van der Waals surface area contributed by atoms with E-state index in [1.165, 1.54) is 16.2 Å². The minimum absolute atomic E-state index is 0.355. The largest absolute Gasteiger partial charge is 0.461 e. The van der Waals surface area contributed by atoms with Gasteiger partial charge >= 0.3 is 5.97 Å². The molecular formula is C11H11BrN2O2S2. The lowest BCUT2D eigenvalue weighted by Gasteiger charge is -2.04. The van der Waals surface area contributed by atoms with Gasteiger partial charge in [-0.25, -0.2) is 9.78 Å². The number of rotatable bonds is 5. The van der Waals surface area contributed by atoms with Crippen LogP contribution in [-0.2, 0) is 11.3 Å². The van der Waals surface area contributed by atoms with E-state index in [1.54, 1.807) is 23.8 Å². The van der Waals surface area contributed by atoms with E-state index in [2.05, 4.69) is 26.2 Å². The third kappa shape index (κ3) is 3.30. The molecule has 0 aliphatic carbocycles. The van der Waals surface area contributed by atoms with E-state index in [-0.39, 0.29) is 5.97 Å². The fraction of sp³-hybridized carbons (Fsp3) is 0.273. The van der Waals surface area contributed by atoms with Crippen LogP contribution in [0.3, 0.4) is 0 Å². The number of thiazole rings is 1. The third-order valence-electron chi connectivity index (χ3n) is 2.09. The van der Waals surface area contributed by atoms with Crippen LogP contribution < -0.4 is 5.32 Å². The molecule has 18 heavy (non-hydrogen) atoms. The van der Waals surface area contributed by atoms with Crippen LogP contribution in [0, 0.1) is 0 Å². The Morgan fingerprint density at radius 3 is 3.06 bits per heavy atom. The van der Waals surface area contributed by atoms with Gasteiger partial charge in [-0.2, -0.15) is 0 Å². The normalized spacial score (nSPS) is 10.3. The van der Waals surface area contributed by atoms with Crippen LogP contribution in [-0.4, -0.2) is 17.6 Å². The summed E-state index contributed by atoms with van der Waals surface area (Å²) in [5.74, 6) is -0.381. The number of esters is 1. The quantitative estimate of drug-likeness (QED) is 0.837. The monoisotopic (exact) mass is 346 g/mol. The smallest absolute Gasteiger partial charge is 0.360 e. The molecule has 96 valence electrons. The average Bonchev–Trinajstić information content (AvgIpc) is 2.95. The van der Waals surface area contributed by atoms with Gasteiger partial charge in [0.15, 0.2) is 5.69 Å². The number of hydrogen-bond donors (Lipinski definition) is 1. The van der Waals surface area contributed by atoms with Gasteiger partial charge in [-0.15, -0.1) is 22.7 Å². The van der Waals surface area contributed by atoms with E-state index in [1.807, 2.05) is 12.1 Å². The Balaban J connectivity index is 2.01. The van der Waals surface area contributed by atoms with Crippen molar-refractivity contribution in [1.29, 1.82) is 0 Å². The number of halogens is 1. The zero-order valence-electron chi connectivity index (χ0n) is 9.60.